The maximum Gasteiger partial charge on any atom is 0.129 e. The highest BCUT2D eigenvalue weighted by Crippen LogP contribution is 2.31. The summed E-state index contributed by atoms with van der Waals surface area (Å²) in [6, 6.07) is 4.20. The Balaban J connectivity index is 3.36. The van der Waals surface area contributed by atoms with E-state index in [4.69, 9.17) is 0 Å². The summed E-state index contributed by atoms with van der Waals surface area (Å²) in [5.74, 6) is -0.611. The van der Waals surface area contributed by atoms with Gasteiger partial charge in [0.1, 0.15) is 12.0 Å². The van der Waals surface area contributed by atoms with E-state index >= 15 is 0 Å². The van der Waals surface area contributed by atoms with Crippen molar-refractivity contribution in [2.45, 2.75) is 32.5 Å². The number of alkyl halides is 1. The highest BCUT2D eigenvalue weighted by atomic mass is 19.1. The lowest BCUT2D eigenvalue weighted by molar-refractivity contribution is 0.0755. The van der Waals surface area contributed by atoms with Gasteiger partial charge < -0.3 is 5.11 Å². The van der Waals surface area contributed by atoms with Crippen molar-refractivity contribution in [1.82, 2.24) is 0 Å². The number of hydrogen-bond donors (Lipinski definition) is 1. The lowest BCUT2D eigenvalue weighted by atomic mass is 9.91. The SMILES string of the molecule is CC(F)c1c(F)cccc1C(C)(C)O. The summed E-state index contributed by atoms with van der Waals surface area (Å²) in [4.78, 5) is 0. The van der Waals surface area contributed by atoms with E-state index in [0.29, 0.717) is 5.56 Å². The summed E-state index contributed by atoms with van der Waals surface area (Å²) in [7, 11) is 0. The van der Waals surface area contributed by atoms with Crippen molar-refractivity contribution in [2.75, 3.05) is 0 Å². The van der Waals surface area contributed by atoms with Crippen molar-refractivity contribution in [3.05, 3.63) is 35.1 Å². The molecule has 0 aromatic heterocycles. The second-order valence-corrected chi connectivity index (χ2v) is 3.88. The fourth-order valence-electron chi connectivity index (χ4n) is 1.47. The number of rotatable bonds is 2. The van der Waals surface area contributed by atoms with Crippen LogP contribution in [0.15, 0.2) is 18.2 Å². The second kappa shape index (κ2) is 3.65. The Labute approximate surface area is 82.4 Å². The molecule has 1 unspecified atom stereocenters. The first-order valence-electron chi connectivity index (χ1n) is 4.49. The standard InChI is InChI=1S/C11H14F2O/c1-7(12)10-8(11(2,3)14)5-4-6-9(10)13/h4-7,14H,1-3H3. The molecule has 1 atom stereocenters. The summed E-state index contributed by atoms with van der Waals surface area (Å²) in [5.41, 5.74) is -0.981. The average Bonchev–Trinajstić information content (AvgIpc) is 2.01. The van der Waals surface area contributed by atoms with Gasteiger partial charge in [0.25, 0.3) is 0 Å². The van der Waals surface area contributed by atoms with Crippen molar-refractivity contribution >= 4 is 0 Å². The van der Waals surface area contributed by atoms with Gasteiger partial charge in [-0.05, 0) is 32.4 Å². The van der Waals surface area contributed by atoms with E-state index in [1.54, 1.807) is 0 Å². The van der Waals surface area contributed by atoms with Crippen LogP contribution < -0.4 is 0 Å². The molecule has 0 spiro atoms. The fraction of sp³-hybridized carbons (Fsp3) is 0.455. The first kappa shape index (κ1) is 11.1. The minimum absolute atomic E-state index is 0.0556. The zero-order valence-corrected chi connectivity index (χ0v) is 8.51. The third-order valence-electron chi connectivity index (χ3n) is 2.11. The summed E-state index contributed by atoms with van der Waals surface area (Å²) in [6.45, 7) is 4.27. The first-order valence-corrected chi connectivity index (χ1v) is 4.49. The Bertz CT molecular complexity index is 327. The predicted molar refractivity (Wildman–Crippen MR) is 51.2 cm³/mol. The van der Waals surface area contributed by atoms with Gasteiger partial charge in [-0.15, -0.1) is 0 Å². The summed E-state index contributed by atoms with van der Waals surface area (Å²) in [5, 5.41) is 9.71. The Morgan fingerprint density at radius 1 is 1.36 bits per heavy atom. The van der Waals surface area contributed by atoms with E-state index in [2.05, 4.69) is 0 Å². The van der Waals surface area contributed by atoms with Gasteiger partial charge in [0.15, 0.2) is 0 Å². The highest BCUT2D eigenvalue weighted by molar-refractivity contribution is 5.34. The quantitative estimate of drug-likeness (QED) is 0.777. The van der Waals surface area contributed by atoms with Crippen LogP contribution in [0.3, 0.4) is 0 Å². The van der Waals surface area contributed by atoms with Gasteiger partial charge in [0.05, 0.1) is 5.60 Å². The molecule has 0 heterocycles. The molecular formula is C11H14F2O. The normalized spacial score (nSPS) is 14.1. The molecule has 0 aliphatic rings. The smallest absolute Gasteiger partial charge is 0.129 e. The van der Waals surface area contributed by atoms with Crippen LogP contribution in [-0.4, -0.2) is 5.11 Å². The van der Waals surface area contributed by atoms with Crippen molar-refractivity contribution in [2.24, 2.45) is 0 Å². The highest BCUT2D eigenvalue weighted by Gasteiger charge is 2.24. The van der Waals surface area contributed by atoms with Gasteiger partial charge in [-0.3, -0.25) is 0 Å². The molecule has 3 heteroatoms. The number of aliphatic hydroxyl groups is 1. The molecule has 0 fully saturated rings. The van der Waals surface area contributed by atoms with Crippen LogP contribution in [-0.2, 0) is 5.60 Å². The lowest BCUT2D eigenvalue weighted by Gasteiger charge is -2.22. The molecule has 0 aliphatic heterocycles. The molecule has 1 nitrogen and oxygen atoms in total. The molecule has 1 N–H and O–H groups in total. The van der Waals surface area contributed by atoms with E-state index in [1.807, 2.05) is 0 Å². The van der Waals surface area contributed by atoms with Gasteiger partial charge >= 0.3 is 0 Å². The monoisotopic (exact) mass is 200 g/mol. The topological polar surface area (TPSA) is 20.2 Å². The molecule has 0 aliphatic carbocycles. The molecule has 0 bridgehead atoms. The van der Waals surface area contributed by atoms with Gasteiger partial charge in [-0.2, -0.15) is 0 Å². The van der Waals surface area contributed by atoms with Gasteiger partial charge in [0, 0.05) is 5.56 Å². The number of benzene rings is 1. The van der Waals surface area contributed by atoms with Gasteiger partial charge in [-0.1, -0.05) is 12.1 Å². The van der Waals surface area contributed by atoms with Crippen molar-refractivity contribution in [3.63, 3.8) is 0 Å². The van der Waals surface area contributed by atoms with Crippen molar-refractivity contribution in [1.29, 1.82) is 0 Å². The number of hydrogen-bond acceptors (Lipinski definition) is 1. The average molecular weight is 200 g/mol. The second-order valence-electron chi connectivity index (χ2n) is 3.88. The Hall–Kier alpha value is -0.960. The Morgan fingerprint density at radius 2 is 1.93 bits per heavy atom. The third-order valence-corrected chi connectivity index (χ3v) is 2.11. The molecule has 0 saturated heterocycles. The molecule has 1 aromatic carbocycles. The van der Waals surface area contributed by atoms with E-state index in [0.717, 1.165) is 0 Å². The molecule has 14 heavy (non-hydrogen) atoms. The molecule has 0 amide bonds. The lowest BCUT2D eigenvalue weighted by Crippen LogP contribution is -2.19. The van der Waals surface area contributed by atoms with E-state index < -0.39 is 17.6 Å². The van der Waals surface area contributed by atoms with E-state index in [9.17, 15) is 13.9 Å². The summed E-state index contributed by atoms with van der Waals surface area (Å²) >= 11 is 0. The van der Waals surface area contributed by atoms with Gasteiger partial charge in [-0.25, -0.2) is 8.78 Å². The fourth-order valence-corrected chi connectivity index (χ4v) is 1.47. The van der Waals surface area contributed by atoms with Crippen LogP contribution in [0.1, 0.15) is 38.1 Å². The minimum Gasteiger partial charge on any atom is -0.386 e. The summed E-state index contributed by atoms with van der Waals surface area (Å²) < 4.78 is 26.4. The molecular weight excluding hydrogens is 186 g/mol. The first-order chi connectivity index (χ1) is 6.34. The van der Waals surface area contributed by atoms with Crippen molar-refractivity contribution < 1.29 is 13.9 Å². The molecule has 1 rings (SSSR count). The molecule has 0 radical (unpaired) electrons. The maximum atomic E-state index is 13.3. The number of halogens is 2. The van der Waals surface area contributed by atoms with Crippen molar-refractivity contribution in [3.8, 4) is 0 Å². The molecule has 0 saturated carbocycles. The maximum absolute atomic E-state index is 13.3. The van der Waals surface area contributed by atoms with E-state index in [1.165, 1.54) is 39.0 Å². The van der Waals surface area contributed by atoms with E-state index in [-0.39, 0.29) is 5.56 Å². The predicted octanol–water partition coefficient (Wildman–Crippen LogP) is 3.08. The van der Waals surface area contributed by atoms with Crippen LogP contribution in [0.5, 0.6) is 0 Å². The van der Waals surface area contributed by atoms with Gasteiger partial charge in [0.2, 0.25) is 0 Å². The zero-order valence-electron chi connectivity index (χ0n) is 8.51. The largest absolute Gasteiger partial charge is 0.386 e. The zero-order chi connectivity index (χ0) is 10.9. The van der Waals surface area contributed by atoms with Crippen LogP contribution >= 0.6 is 0 Å². The summed E-state index contributed by atoms with van der Waals surface area (Å²) in [6.07, 6.45) is -1.42. The minimum atomic E-state index is -1.42. The van der Waals surface area contributed by atoms with Crippen LogP contribution in [0.25, 0.3) is 0 Å². The van der Waals surface area contributed by atoms with Crippen LogP contribution in [0, 0.1) is 5.82 Å². The molecule has 1 aromatic rings. The third kappa shape index (κ3) is 2.10. The van der Waals surface area contributed by atoms with Crippen LogP contribution in [0.4, 0.5) is 8.78 Å². The Kier molecular flexibility index (Phi) is 2.90. The Morgan fingerprint density at radius 3 is 2.29 bits per heavy atom. The van der Waals surface area contributed by atoms with Crippen LogP contribution in [0.2, 0.25) is 0 Å². The molecule has 78 valence electrons.